The summed E-state index contributed by atoms with van der Waals surface area (Å²) in [7, 11) is 0. The van der Waals surface area contributed by atoms with Crippen molar-refractivity contribution in [3.8, 4) is 6.07 Å². The number of para-hydroxylation sites is 1. The quantitative estimate of drug-likeness (QED) is 0.562. The van der Waals surface area contributed by atoms with E-state index in [1.54, 1.807) is 18.2 Å². The summed E-state index contributed by atoms with van der Waals surface area (Å²) in [6.45, 7) is 2.04. The van der Waals surface area contributed by atoms with Crippen molar-refractivity contribution in [2.45, 2.75) is 32.1 Å². The molecule has 1 rings (SSSR count). The van der Waals surface area contributed by atoms with E-state index < -0.39 is 4.92 Å². The smallest absolute Gasteiger partial charge is 0.258 e. The maximum atomic E-state index is 10.8. The number of benzene rings is 1. The van der Waals surface area contributed by atoms with Crippen LogP contribution in [0.4, 0.5) is 5.69 Å². The van der Waals surface area contributed by atoms with E-state index in [2.05, 4.69) is 6.07 Å². The molecule has 0 aliphatic rings. The van der Waals surface area contributed by atoms with Gasteiger partial charge in [0.1, 0.15) is 0 Å². The van der Waals surface area contributed by atoms with Gasteiger partial charge in [0.25, 0.3) is 5.69 Å². The molecule has 0 spiro atoms. The lowest BCUT2D eigenvalue weighted by atomic mass is 9.94. The van der Waals surface area contributed by atoms with Crippen LogP contribution in [-0.4, -0.2) is 4.92 Å². The number of nitriles is 1. The molecule has 1 aromatic rings. The summed E-state index contributed by atoms with van der Waals surface area (Å²) >= 11 is 0. The highest BCUT2D eigenvalue weighted by atomic mass is 16.6. The van der Waals surface area contributed by atoms with Crippen molar-refractivity contribution in [1.82, 2.24) is 0 Å². The van der Waals surface area contributed by atoms with E-state index in [0.29, 0.717) is 12.0 Å². The van der Waals surface area contributed by atoms with Crippen LogP contribution in [0.1, 0.15) is 37.7 Å². The van der Waals surface area contributed by atoms with Crippen molar-refractivity contribution in [1.29, 1.82) is 5.26 Å². The van der Waals surface area contributed by atoms with Gasteiger partial charge in [-0.3, -0.25) is 10.1 Å². The van der Waals surface area contributed by atoms with Gasteiger partial charge in [-0.1, -0.05) is 38.0 Å². The summed E-state index contributed by atoms with van der Waals surface area (Å²) in [5.74, 6) is -0.374. The Kier molecular flexibility index (Phi) is 4.46. The van der Waals surface area contributed by atoms with E-state index in [0.717, 1.165) is 12.8 Å². The zero-order valence-electron chi connectivity index (χ0n) is 9.22. The van der Waals surface area contributed by atoms with Gasteiger partial charge in [-0.15, -0.1) is 0 Å². The second-order valence-electron chi connectivity index (χ2n) is 3.64. The summed E-state index contributed by atoms with van der Waals surface area (Å²) in [6.07, 6.45) is 2.57. The van der Waals surface area contributed by atoms with Crippen LogP contribution in [0.5, 0.6) is 0 Å². The highest BCUT2D eigenvalue weighted by molar-refractivity contribution is 5.44. The third kappa shape index (κ3) is 2.80. The molecule has 16 heavy (non-hydrogen) atoms. The van der Waals surface area contributed by atoms with Crippen molar-refractivity contribution in [2.24, 2.45) is 0 Å². The predicted molar refractivity (Wildman–Crippen MR) is 61.0 cm³/mol. The lowest BCUT2D eigenvalue weighted by Gasteiger charge is -2.08. The molecule has 4 heteroatoms. The first-order chi connectivity index (χ1) is 7.70. The molecule has 0 heterocycles. The number of nitro benzene ring substituents is 1. The summed E-state index contributed by atoms with van der Waals surface area (Å²) < 4.78 is 0. The largest absolute Gasteiger partial charge is 0.273 e. The van der Waals surface area contributed by atoms with Crippen molar-refractivity contribution < 1.29 is 4.92 Å². The van der Waals surface area contributed by atoms with Crippen LogP contribution in [0.25, 0.3) is 0 Å². The van der Waals surface area contributed by atoms with Gasteiger partial charge in [0.15, 0.2) is 0 Å². The van der Waals surface area contributed by atoms with Crippen LogP contribution in [0.15, 0.2) is 24.3 Å². The Morgan fingerprint density at radius 2 is 2.19 bits per heavy atom. The van der Waals surface area contributed by atoms with Gasteiger partial charge >= 0.3 is 0 Å². The van der Waals surface area contributed by atoms with Crippen LogP contribution in [0, 0.1) is 21.4 Å². The van der Waals surface area contributed by atoms with Gasteiger partial charge in [0.2, 0.25) is 0 Å². The Morgan fingerprint density at radius 1 is 1.50 bits per heavy atom. The van der Waals surface area contributed by atoms with E-state index in [1.807, 2.05) is 6.92 Å². The van der Waals surface area contributed by atoms with Crippen LogP contribution < -0.4 is 0 Å². The molecular weight excluding hydrogens is 204 g/mol. The molecule has 0 radical (unpaired) electrons. The van der Waals surface area contributed by atoms with Gasteiger partial charge in [0, 0.05) is 11.6 Å². The Bertz CT molecular complexity index is 410. The zero-order valence-corrected chi connectivity index (χ0v) is 9.22. The Balaban J connectivity index is 3.00. The lowest BCUT2D eigenvalue weighted by molar-refractivity contribution is -0.385. The molecule has 0 saturated heterocycles. The molecule has 1 atom stereocenters. The van der Waals surface area contributed by atoms with E-state index in [1.165, 1.54) is 6.07 Å². The summed E-state index contributed by atoms with van der Waals surface area (Å²) in [4.78, 5) is 10.4. The average molecular weight is 218 g/mol. The Hall–Kier alpha value is -1.89. The summed E-state index contributed by atoms with van der Waals surface area (Å²) in [6, 6.07) is 8.62. The number of nitro groups is 1. The number of rotatable bonds is 5. The molecule has 0 bridgehead atoms. The Morgan fingerprint density at radius 3 is 2.75 bits per heavy atom. The zero-order chi connectivity index (χ0) is 12.0. The minimum absolute atomic E-state index is 0.0464. The second kappa shape index (κ2) is 5.86. The van der Waals surface area contributed by atoms with Gasteiger partial charge in [-0.05, 0) is 6.42 Å². The third-order valence-corrected chi connectivity index (χ3v) is 2.51. The molecule has 0 aliphatic heterocycles. The maximum absolute atomic E-state index is 10.8. The molecule has 1 aromatic carbocycles. The molecule has 0 fully saturated rings. The van der Waals surface area contributed by atoms with Crippen molar-refractivity contribution in [2.75, 3.05) is 0 Å². The van der Waals surface area contributed by atoms with Crippen LogP contribution in [0.2, 0.25) is 0 Å². The summed E-state index contributed by atoms with van der Waals surface area (Å²) in [5, 5.41) is 19.9. The first-order valence-electron chi connectivity index (χ1n) is 5.33. The van der Waals surface area contributed by atoms with Gasteiger partial charge in [0.05, 0.1) is 16.9 Å². The van der Waals surface area contributed by atoms with Crippen LogP contribution in [0.3, 0.4) is 0 Å². The average Bonchev–Trinajstić information content (AvgIpc) is 2.30. The topological polar surface area (TPSA) is 66.9 Å². The standard InChI is InChI=1S/C12H14N2O2/c1-2-3-6-10(9-13)11-7-4-5-8-12(11)14(15)16/h4-5,7-8,10H,2-3,6H2,1H3. The third-order valence-electron chi connectivity index (χ3n) is 2.51. The first kappa shape index (κ1) is 12.2. The highest BCUT2D eigenvalue weighted by Crippen LogP contribution is 2.29. The molecule has 84 valence electrons. The summed E-state index contributed by atoms with van der Waals surface area (Å²) in [5.41, 5.74) is 0.577. The number of nitrogens with zero attached hydrogens (tertiary/aromatic N) is 2. The molecule has 0 amide bonds. The molecule has 4 nitrogen and oxygen atoms in total. The van der Waals surface area contributed by atoms with Crippen LogP contribution >= 0.6 is 0 Å². The number of hydrogen-bond donors (Lipinski definition) is 0. The SMILES string of the molecule is CCCCC(C#N)c1ccccc1[N+](=O)[O-]. The fraction of sp³-hybridized carbons (Fsp3) is 0.417. The maximum Gasteiger partial charge on any atom is 0.273 e. The number of unbranched alkanes of at least 4 members (excludes halogenated alkanes) is 1. The van der Waals surface area contributed by atoms with E-state index >= 15 is 0 Å². The normalized spacial score (nSPS) is 11.8. The van der Waals surface area contributed by atoms with Gasteiger partial charge in [-0.2, -0.15) is 5.26 Å². The second-order valence-corrected chi connectivity index (χ2v) is 3.64. The van der Waals surface area contributed by atoms with Gasteiger partial charge in [-0.25, -0.2) is 0 Å². The Labute approximate surface area is 94.7 Å². The van der Waals surface area contributed by atoms with Gasteiger partial charge < -0.3 is 0 Å². The molecule has 0 N–H and O–H groups in total. The monoisotopic (exact) mass is 218 g/mol. The molecule has 1 unspecified atom stereocenters. The van der Waals surface area contributed by atoms with E-state index in [9.17, 15) is 10.1 Å². The van der Waals surface area contributed by atoms with Crippen molar-refractivity contribution >= 4 is 5.69 Å². The highest BCUT2D eigenvalue weighted by Gasteiger charge is 2.20. The molecule has 0 saturated carbocycles. The van der Waals surface area contributed by atoms with Crippen molar-refractivity contribution in [3.63, 3.8) is 0 Å². The fourth-order valence-electron chi connectivity index (χ4n) is 1.65. The minimum Gasteiger partial charge on any atom is -0.258 e. The molecule has 0 aliphatic carbocycles. The molecule has 0 aromatic heterocycles. The minimum atomic E-state index is -0.425. The van der Waals surface area contributed by atoms with E-state index in [4.69, 9.17) is 5.26 Å². The predicted octanol–water partition coefficient (Wildman–Crippen LogP) is 3.39. The lowest BCUT2D eigenvalue weighted by Crippen LogP contribution is -2.01. The fourth-order valence-corrected chi connectivity index (χ4v) is 1.65. The first-order valence-corrected chi connectivity index (χ1v) is 5.33. The van der Waals surface area contributed by atoms with Crippen LogP contribution in [-0.2, 0) is 0 Å². The van der Waals surface area contributed by atoms with Crippen molar-refractivity contribution in [3.05, 3.63) is 39.9 Å². The van der Waals surface area contributed by atoms with E-state index in [-0.39, 0.29) is 11.6 Å². The number of hydrogen-bond acceptors (Lipinski definition) is 3. The molecular formula is C12H14N2O2.